The summed E-state index contributed by atoms with van der Waals surface area (Å²) in [6, 6.07) is 9.48. The van der Waals surface area contributed by atoms with Crippen molar-refractivity contribution in [2.75, 3.05) is 18.5 Å². The standard InChI is InChI=1S/C16H14N2O5/c1-10-12(3-2-4-13(10)18(20)21)16(19)17-11-5-6-14-15(9-11)23-8-7-22-14/h2-6,9H,7-8H2,1H3,(H,17,19). The first kappa shape index (κ1) is 14.8. The molecular formula is C16H14N2O5. The van der Waals surface area contributed by atoms with Crippen LogP contribution in [0.5, 0.6) is 11.5 Å². The van der Waals surface area contributed by atoms with Crippen molar-refractivity contribution < 1.29 is 19.2 Å². The first-order valence-electron chi connectivity index (χ1n) is 7.01. The zero-order valence-corrected chi connectivity index (χ0v) is 12.4. The Morgan fingerprint density at radius 3 is 2.65 bits per heavy atom. The largest absolute Gasteiger partial charge is 0.486 e. The summed E-state index contributed by atoms with van der Waals surface area (Å²) in [7, 11) is 0. The minimum atomic E-state index is -0.504. The van der Waals surface area contributed by atoms with Crippen LogP contribution >= 0.6 is 0 Å². The Morgan fingerprint density at radius 1 is 1.17 bits per heavy atom. The van der Waals surface area contributed by atoms with Gasteiger partial charge in [0.2, 0.25) is 0 Å². The zero-order valence-electron chi connectivity index (χ0n) is 12.4. The Balaban J connectivity index is 1.85. The van der Waals surface area contributed by atoms with Crippen LogP contribution in [0.3, 0.4) is 0 Å². The summed E-state index contributed by atoms with van der Waals surface area (Å²) in [4.78, 5) is 22.8. The molecule has 7 heteroatoms. The summed E-state index contributed by atoms with van der Waals surface area (Å²) < 4.78 is 10.9. The van der Waals surface area contributed by atoms with Crippen molar-refractivity contribution in [3.8, 4) is 11.5 Å². The fourth-order valence-corrected chi connectivity index (χ4v) is 2.39. The minimum Gasteiger partial charge on any atom is -0.486 e. The van der Waals surface area contributed by atoms with E-state index in [-0.39, 0.29) is 11.3 Å². The number of hydrogen-bond acceptors (Lipinski definition) is 5. The maximum absolute atomic E-state index is 12.4. The van der Waals surface area contributed by atoms with Gasteiger partial charge in [0.1, 0.15) is 13.2 Å². The number of hydrogen-bond donors (Lipinski definition) is 1. The summed E-state index contributed by atoms with van der Waals surface area (Å²) in [5, 5.41) is 13.7. The molecule has 118 valence electrons. The van der Waals surface area contributed by atoms with Gasteiger partial charge in [-0.1, -0.05) is 6.07 Å². The van der Waals surface area contributed by atoms with E-state index in [0.29, 0.717) is 36.0 Å². The molecule has 0 aromatic heterocycles. The monoisotopic (exact) mass is 314 g/mol. The lowest BCUT2D eigenvalue weighted by Crippen LogP contribution is -2.17. The average molecular weight is 314 g/mol. The molecule has 0 unspecified atom stereocenters. The molecular weight excluding hydrogens is 300 g/mol. The van der Waals surface area contributed by atoms with Crippen LogP contribution in [0, 0.1) is 17.0 Å². The second-order valence-electron chi connectivity index (χ2n) is 5.02. The molecule has 0 saturated heterocycles. The quantitative estimate of drug-likeness (QED) is 0.695. The van der Waals surface area contributed by atoms with Crippen molar-refractivity contribution in [1.82, 2.24) is 0 Å². The lowest BCUT2D eigenvalue weighted by atomic mass is 10.1. The Hall–Kier alpha value is -3.09. The molecule has 0 radical (unpaired) electrons. The van der Waals surface area contributed by atoms with Crippen LogP contribution < -0.4 is 14.8 Å². The fourth-order valence-electron chi connectivity index (χ4n) is 2.39. The average Bonchev–Trinajstić information content (AvgIpc) is 2.54. The van der Waals surface area contributed by atoms with E-state index in [2.05, 4.69) is 5.32 Å². The molecule has 1 aliphatic heterocycles. The van der Waals surface area contributed by atoms with Crippen molar-refractivity contribution in [2.45, 2.75) is 6.92 Å². The maximum atomic E-state index is 12.4. The van der Waals surface area contributed by atoms with Gasteiger partial charge in [0.15, 0.2) is 11.5 Å². The predicted octanol–water partition coefficient (Wildman–Crippen LogP) is 2.93. The van der Waals surface area contributed by atoms with E-state index in [1.807, 2.05) is 0 Å². The maximum Gasteiger partial charge on any atom is 0.273 e. The van der Waals surface area contributed by atoms with Crippen LogP contribution in [0.25, 0.3) is 0 Å². The number of anilines is 1. The number of nitrogens with one attached hydrogen (secondary N) is 1. The van der Waals surface area contributed by atoms with Gasteiger partial charge in [-0.3, -0.25) is 14.9 Å². The van der Waals surface area contributed by atoms with E-state index in [1.54, 1.807) is 31.2 Å². The molecule has 0 aliphatic carbocycles. The fraction of sp³-hybridized carbons (Fsp3) is 0.188. The first-order valence-corrected chi connectivity index (χ1v) is 7.01. The van der Waals surface area contributed by atoms with Crippen LogP contribution in [-0.4, -0.2) is 24.0 Å². The number of fused-ring (bicyclic) bond motifs is 1. The third kappa shape index (κ3) is 2.94. The third-order valence-electron chi connectivity index (χ3n) is 3.55. The SMILES string of the molecule is Cc1c(C(=O)Nc2ccc3c(c2)OCCO3)cccc1[N+](=O)[O-]. The van der Waals surface area contributed by atoms with Gasteiger partial charge in [0.05, 0.1) is 4.92 Å². The number of ether oxygens (including phenoxy) is 2. The lowest BCUT2D eigenvalue weighted by Gasteiger charge is -2.19. The van der Waals surface area contributed by atoms with Crippen molar-refractivity contribution in [3.63, 3.8) is 0 Å². The van der Waals surface area contributed by atoms with Gasteiger partial charge in [0, 0.05) is 28.9 Å². The van der Waals surface area contributed by atoms with Crippen molar-refractivity contribution in [3.05, 3.63) is 57.6 Å². The number of carbonyl (C=O) groups excluding carboxylic acids is 1. The molecule has 0 spiro atoms. The second-order valence-corrected chi connectivity index (χ2v) is 5.02. The van der Waals surface area contributed by atoms with Gasteiger partial charge >= 0.3 is 0 Å². The Labute approximate surface area is 132 Å². The third-order valence-corrected chi connectivity index (χ3v) is 3.55. The van der Waals surface area contributed by atoms with Crippen LogP contribution in [-0.2, 0) is 0 Å². The molecule has 1 N–H and O–H groups in total. The number of rotatable bonds is 3. The van der Waals surface area contributed by atoms with E-state index < -0.39 is 10.8 Å². The van der Waals surface area contributed by atoms with Crippen LogP contribution in [0.4, 0.5) is 11.4 Å². The van der Waals surface area contributed by atoms with E-state index in [0.717, 1.165) is 0 Å². The minimum absolute atomic E-state index is 0.0835. The summed E-state index contributed by atoms with van der Waals surface area (Å²) in [5.74, 6) is 0.772. The summed E-state index contributed by atoms with van der Waals surface area (Å²) in [6.07, 6.45) is 0. The van der Waals surface area contributed by atoms with E-state index in [9.17, 15) is 14.9 Å². The molecule has 0 fully saturated rings. The molecule has 2 aromatic carbocycles. The highest BCUT2D eigenvalue weighted by molar-refractivity contribution is 6.06. The molecule has 0 atom stereocenters. The highest BCUT2D eigenvalue weighted by Crippen LogP contribution is 2.33. The number of nitro benzene ring substituents is 1. The summed E-state index contributed by atoms with van der Waals surface area (Å²) >= 11 is 0. The molecule has 3 rings (SSSR count). The van der Waals surface area contributed by atoms with Crippen molar-refractivity contribution in [1.29, 1.82) is 0 Å². The number of nitro groups is 1. The van der Waals surface area contributed by atoms with Gasteiger partial charge in [0.25, 0.3) is 11.6 Å². The van der Waals surface area contributed by atoms with Gasteiger partial charge < -0.3 is 14.8 Å². The normalized spacial score (nSPS) is 12.6. The summed E-state index contributed by atoms with van der Waals surface area (Å²) in [5.41, 5.74) is 1.03. The van der Waals surface area contributed by atoms with Crippen molar-refractivity contribution >= 4 is 17.3 Å². The predicted molar refractivity (Wildman–Crippen MR) is 83.2 cm³/mol. The first-order chi connectivity index (χ1) is 11.1. The van der Waals surface area contributed by atoms with Gasteiger partial charge in [-0.2, -0.15) is 0 Å². The van der Waals surface area contributed by atoms with Gasteiger partial charge in [-0.25, -0.2) is 0 Å². The topological polar surface area (TPSA) is 90.7 Å². The van der Waals surface area contributed by atoms with Gasteiger partial charge in [-0.05, 0) is 25.1 Å². The Bertz CT molecular complexity index is 788. The molecule has 0 saturated carbocycles. The highest BCUT2D eigenvalue weighted by Gasteiger charge is 2.19. The van der Waals surface area contributed by atoms with Crippen LogP contribution in [0.2, 0.25) is 0 Å². The van der Waals surface area contributed by atoms with Crippen LogP contribution in [0.15, 0.2) is 36.4 Å². The van der Waals surface area contributed by atoms with Crippen molar-refractivity contribution in [2.24, 2.45) is 0 Å². The number of carbonyl (C=O) groups is 1. The van der Waals surface area contributed by atoms with E-state index >= 15 is 0 Å². The molecule has 7 nitrogen and oxygen atoms in total. The molecule has 1 aliphatic rings. The molecule has 2 aromatic rings. The van der Waals surface area contributed by atoms with E-state index in [4.69, 9.17) is 9.47 Å². The summed E-state index contributed by atoms with van der Waals surface area (Å²) in [6.45, 7) is 2.50. The Morgan fingerprint density at radius 2 is 1.91 bits per heavy atom. The zero-order chi connectivity index (χ0) is 16.4. The second kappa shape index (κ2) is 5.96. The number of amides is 1. The number of nitrogens with zero attached hydrogens (tertiary/aromatic N) is 1. The van der Waals surface area contributed by atoms with Crippen LogP contribution in [0.1, 0.15) is 15.9 Å². The molecule has 23 heavy (non-hydrogen) atoms. The molecule has 0 bridgehead atoms. The molecule has 1 heterocycles. The van der Waals surface area contributed by atoms with Gasteiger partial charge in [-0.15, -0.1) is 0 Å². The highest BCUT2D eigenvalue weighted by atomic mass is 16.6. The number of benzene rings is 2. The van der Waals surface area contributed by atoms with E-state index in [1.165, 1.54) is 12.1 Å². The Kier molecular flexibility index (Phi) is 3.84. The lowest BCUT2D eigenvalue weighted by molar-refractivity contribution is -0.385. The smallest absolute Gasteiger partial charge is 0.273 e. The molecule has 1 amide bonds.